The largest absolute Gasteiger partial charge is 0.459 e. The number of hydrogen-bond acceptors (Lipinski definition) is 5. The van der Waals surface area contributed by atoms with Gasteiger partial charge in [0.1, 0.15) is 18.5 Å². The van der Waals surface area contributed by atoms with Gasteiger partial charge in [-0.3, -0.25) is 9.48 Å². The van der Waals surface area contributed by atoms with Gasteiger partial charge in [0.2, 0.25) is 0 Å². The Morgan fingerprint density at radius 3 is 3.08 bits per heavy atom. The molecular formula is C16H18N6O2. The zero-order valence-electron chi connectivity index (χ0n) is 13.4. The van der Waals surface area contributed by atoms with Crippen molar-refractivity contribution >= 4 is 5.91 Å². The van der Waals surface area contributed by atoms with Crippen molar-refractivity contribution in [2.75, 3.05) is 6.54 Å². The molecule has 4 heterocycles. The number of fused-ring (bicyclic) bond motifs is 1. The predicted molar refractivity (Wildman–Crippen MR) is 83.9 cm³/mol. The third-order valence-electron chi connectivity index (χ3n) is 4.32. The van der Waals surface area contributed by atoms with Gasteiger partial charge in [-0.1, -0.05) is 0 Å². The van der Waals surface area contributed by atoms with Gasteiger partial charge in [-0.05, 0) is 13.0 Å². The molecule has 124 valence electrons. The maximum atomic E-state index is 12.9. The van der Waals surface area contributed by atoms with Gasteiger partial charge in [-0.25, -0.2) is 9.97 Å². The molecule has 3 aromatic heterocycles. The minimum absolute atomic E-state index is 0.0995. The average molecular weight is 326 g/mol. The molecule has 1 unspecified atom stereocenters. The van der Waals surface area contributed by atoms with Gasteiger partial charge in [0.15, 0.2) is 5.76 Å². The lowest BCUT2D eigenvalue weighted by atomic mass is 10.1. The quantitative estimate of drug-likeness (QED) is 0.725. The van der Waals surface area contributed by atoms with Gasteiger partial charge in [0, 0.05) is 43.5 Å². The molecule has 24 heavy (non-hydrogen) atoms. The Bertz CT molecular complexity index is 835. The molecule has 4 rings (SSSR count). The van der Waals surface area contributed by atoms with Gasteiger partial charge < -0.3 is 13.9 Å². The number of carbonyl (C=O) groups is 1. The topological polar surface area (TPSA) is 82.0 Å². The number of furan rings is 1. The first kappa shape index (κ1) is 14.7. The van der Waals surface area contributed by atoms with Crippen LogP contribution in [0.25, 0.3) is 0 Å². The molecule has 0 aromatic carbocycles. The highest BCUT2D eigenvalue weighted by Gasteiger charge is 2.28. The summed E-state index contributed by atoms with van der Waals surface area (Å²) in [6.07, 6.45) is 8.50. The van der Waals surface area contributed by atoms with Crippen molar-refractivity contribution in [1.29, 1.82) is 0 Å². The van der Waals surface area contributed by atoms with Crippen LogP contribution in [0.2, 0.25) is 0 Å². The molecule has 1 aliphatic heterocycles. The lowest BCUT2D eigenvalue weighted by Crippen LogP contribution is -2.35. The van der Waals surface area contributed by atoms with E-state index in [0.717, 1.165) is 17.9 Å². The van der Waals surface area contributed by atoms with Crippen molar-refractivity contribution in [3.63, 3.8) is 0 Å². The summed E-state index contributed by atoms with van der Waals surface area (Å²) < 4.78 is 9.28. The minimum atomic E-state index is -0.0995. The Morgan fingerprint density at radius 1 is 1.42 bits per heavy atom. The SMILES string of the molecule is Cc1ccoc1C(=O)N1Cc2nccn2CC(Cn2cncn2)C1. The van der Waals surface area contributed by atoms with E-state index in [0.29, 0.717) is 25.4 Å². The van der Waals surface area contributed by atoms with E-state index in [-0.39, 0.29) is 11.8 Å². The molecule has 0 spiro atoms. The molecule has 8 heteroatoms. The fraction of sp³-hybridized carbons (Fsp3) is 0.375. The molecule has 0 saturated carbocycles. The lowest BCUT2D eigenvalue weighted by Gasteiger charge is -2.23. The number of imidazole rings is 1. The fourth-order valence-corrected chi connectivity index (χ4v) is 3.14. The maximum absolute atomic E-state index is 12.9. The molecule has 0 radical (unpaired) electrons. The van der Waals surface area contributed by atoms with E-state index in [1.54, 1.807) is 34.4 Å². The number of amides is 1. The highest BCUT2D eigenvalue weighted by Crippen LogP contribution is 2.20. The Balaban J connectivity index is 1.61. The molecule has 3 aromatic rings. The second-order valence-electron chi connectivity index (χ2n) is 6.10. The first-order chi connectivity index (χ1) is 11.7. The van der Waals surface area contributed by atoms with Crippen molar-refractivity contribution in [2.24, 2.45) is 5.92 Å². The summed E-state index contributed by atoms with van der Waals surface area (Å²) in [5.41, 5.74) is 0.848. The van der Waals surface area contributed by atoms with Crippen molar-refractivity contribution in [2.45, 2.75) is 26.6 Å². The van der Waals surface area contributed by atoms with Gasteiger partial charge in [0.05, 0.1) is 12.8 Å². The van der Waals surface area contributed by atoms with E-state index in [1.807, 2.05) is 13.1 Å². The first-order valence-electron chi connectivity index (χ1n) is 7.86. The number of hydrogen-bond donors (Lipinski definition) is 0. The van der Waals surface area contributed by atoms with Crippen LogP contribution in [0, 0.1) is 12.8 Å². The van der Waals surface area contributed by atoms with Crippen molar-refractivity contribution in [1.82, 2.24) is 29.2 Å². The van der Waals surface area contributed by atoms with Gasteiger partial charge in [0.25, 0.3) is 5.91 Å². The number of aryl methyl sites for hydroxylation is 1. The first-order valence-corrected chi connectivity index (χ1v) is 7.86. The van der Waals surface area contributed by atoms with Crippen LogP contribution in [0.1, 0.15) is 21.9 Å². The predicted octanol–water partition coefficient (Wildman–Crippen LogP) is 1.35. The van der Waals surface area contributed by atoms with E-state index in [4.69, 9.17) is 4.42 Å². The molecular weight excluding hydrogens is 308 g/mol. The molecule has 0 aliphatic carbocycles. The normalized spacial score (nSPS) is 17.5. The van der Waals surface area contributed by atoms with Gasteiger partial charge in [-0.15, -0.1) is 0 Å². The van der Waals surface area contributed by atoms with Crippen LogP contribution >= 0.6 is 0 Å². The molecule has 0 saturated heterocycles. The van der Waals surface area contributed by atoms with E-state index in [2.05, 4.69) is 19.6 Å². The summed E-state index contributed by atoms with van der Waals surface area (Å²) in [5.74, 6) is 1.39. The molecule has 1 aliphatic rings. The zero-order chi connectivity index (χ0) is 16.5. The van der Waals surface area contributed by atoms with Crippen LogP contribution in [0.4, 0.5) is 0 Å². The molecule has 0 fully saturated rings. The summed E-state index contributed by atoms with van der Waals surface area (Å²) in [7, 11) is 0. The number of aromatic nitrogens is 5. The fourth-order valence-electron chi connectivity index (χ4n) is 3.14. The average Bonchev–Trinajstić information content (AvgIpc) is 3.28. The van der Waals surface area contributed by atoms with Crippen molar-refractivity contribution in [3.05, 3.63) is 54.5 Å². The van der Waals surface area contributed by atoms with E-state index >= 15 is 0 Å². The third-order valence-corrected chi connectivity index (χ3v) is 4.32. The van der Waals surface area contributed by atoms with Crippen LogP contribution in [0.3, 0.4) is 0 Å². The van der Waals surface area contributed by atoms with Gasteiger partial charge in [-0.2, -0.15) is 5.10 Å². The smallest absolute Gasteiger partial charge is 0.290 e. The lowest BCUT2D eigenvalue weighted by molar-refractivity contribution is 0.0679. The van der Waals surface area contributed by atoms with Gasteiger partial charge >= 0.3 is 0 Å². The summed E-state index contributed by atoms with van der Waals surface area (Å²) in [6, 6.07) is 1.80. The van der Waals surface area contributed by atoms with Crippen molar-refractivity contribution < 1.29 is 9.21 Å². The molecule has 8 nitrogen and oxygen atoms in total. The van der Waals surface area contributed by atoms with Crippen LogP contribution < -0.4 is 0 Å². The van der Waals surface area contributed by atoms with E-state index in [9.17, 15) is 4.79 Å². The van der Waals surface area contributed by atoms with Crippen LogP contribution in [0.15, 0.2) is 41.8 Å². The summed E-state index contributed by atoms with van der Waals surface area (Å²) in [6.45, 7) is 4.44. The Morgan fingerprint density at radius 2 is 2.33 bits per heavy atom. The highest BCUT2D eigenvalue weighted by molar-refractivity contribution is 5.92. The second kappa shape index (κ2) is 5.95. The summed E-state index contributed by atoms with van der Waals surface area (Å²) in [5, 5.41) is 4.18. The van der Waals surface area contributed by atoms with Crippen molar-refractivity contribution in [3.8, 4) is 0 Å². The monoisotopic (exact) mass is 326 g/mol. The molecule has 1 amide bonds. The molecule has 1 atom stereocenters. The standard InChI is InChI=1S/C16H18N6O2/c1-12-2-5-24-15(12)16(23)21-7-13(8-22-11-17-10-19-22)6-20-4-3-18-14(20)9-21/h2-5,10-11,13H,6-9H2,1H3. The Labute approximate surface area is 138 Å². The molecule has 0 N–H and O–H groups in total. The third kappa shape index (κ3) is 2.70. The summed E-state index contributed by atoms with van der Waals surface area (Å²) >= 11 is 0. The maximum Gasteiger partial charge on any atom is 0.290 e. The molecule has 0 bridgehead atoms. The second-order valence-corrected chi connectivity index (χ2v) is 6.10. The van der Waals surface area contributed by atoms with E-state index in [1.165, 1.54) is 6.33 Å². The van der Waals surface area contributed by atoms with E-state index < -0.39 is 0 Å². The van der Waals surface area contributed by atoms with Crippen LogP contribution in [-0.2, 0) is 19.6 Å². The number of rotatable bonds is 3. The van der Waals surface area contributed by atoms with Crippen LogP contribution in [0.5, 0.6) is 0 Å². The van der Waals surface area contributed by atoms with Crippen LogP contribution in [-0.4, -0.2) is 41.7 Å². The number of nitrogens with zero attached hydrogens (tertiary/aromatic N) is 6. The highest BCUT2D eigenvalue weighted by atomic mass is 16.3. The minimum Gasteiger partial charge on any atom is -0.459 e. The Hall–Kier alpha value is -2.90. The summed E-state index contributed by atoms with van der Waals surface area (Å²) in [4.78, 5) is 23.1. The Kier molecular flexibility index (Phi) is 3.64. The zero-order valence-corrected chi connectivity index (χ0v) is 13.4. The number of carbonyl (C=O) groups excluding carboxylic acids is 1.